The Morgan fingerprint density at radius 2 is 1.88 bits per heavy atom. The van der Waals surface area contributed by atoms with Crippen molar-refractivity contribution in [2.45, 2.75) is 4.90 Å². The molecule has 0 heterocycles. The quantitative estimate of drug-likeness (QED) is 0.228. The number of nitrogens with one attached hydrogen (secondary N) is 2. The Morgan fingerprint density at radius 3 is 2.53 bits per heavy atom. The Bertz CT molecular complexity index is 1280. The maximum absolute atomic E-state index is 12.6. The lowest BCUT2D eigenvalue weighted by Gasteiger charge is -2.09. The molecular weight excluding hydrogens is 504 g/mol. The van der Waals surface area contributed by atoms with Crippen molar-refractivity contribution in [2.24, 2.45) is 5.10 Å². The van der Waals surface area contributed by atoms with Gasteiger partial charge in [-0.2, -0.15) is 5.10 Å². The highest BCUT2D eigenvalue weighted by Gasteiger charge is 2.21. The Labute approximate surface area is 191 Å². The zero-order chi connectivity index (χ0) is 23.3. The average molecular weight is 521 g/mol. The standard InChI is InChI=1S/C20H17BrN4O6S/c1-31-19-10-13(9-16(21)20(19)26)12-22-23-17-8-7-15(11-18(17)25(27)28)32(29,30)24-14-5-3-2-4-6-14/h2-12,23-24,26H,1H3/b22-12-. The lowest BCUT2D eigenvalue weighted by atomic mass is 10.2. The van der Waals surface area contributed by atoms with E-state index in [9.17, 15) is 23.6 Å². The molecule has 12 heteroatoms. The second-order valence-electron chi connectivity index (χ2n) is 6.33. The fourth-order valence-electron chi connectivity index (χ4n) is 2.64. The molecule has 0 aliphatic carbocycles. The average Bonchev–Trinajstić information content (AvgIpc) is 2.76. The van der Waals surface area contributed by atoms with Gasteiger partial charge in [-0.05, 0) is 57.9 Å². The second kappa shape index (κ2) is 9.66. The van der Waals surface area contributed by atoms with Gasteiger partial charge in [-0.15, -0.1) is 0 Å². The summed E-state index contributed by atoms with van der Waals surface area (Å²) in [5.74, 6) is 0.140. The zero-order valence-electron chi connectivity index (χ0n) is 16.5. The van der Waals surface area contributed by atoms with E-state index in [4.69, 9.17) is 4.74 Å². The summed E-state index contributed by atoms with van der Waals surface area (Å²) in [4.78, 5) is 10.5. The summed E-state index contributed by atoms with van der Waals surface area (Å²) >= 11 is 3.19. The lowest BCUT2D eigenvalue weighted by molar-refractivity contribution is -0.384. The molecule has 0 amide bonds. The van der Waals surface area contributed by atoms with Crippen LogP contribution in [0.3, 0.4) is 0 Å². The second-order valence-corrected chi connectivity index (χ2v) is 8.87. The van der Waals surface area contributed by atoms with Crippen LogP contribution in [0.2, 0.25) is 0 Å². The van der Waals surface area contributed by atoms with E-state index >= 15 is 0 Å². The van der Waals surface area contributed by atoms with Crippen LogP contribution >= 0.6 is 15.9 Å². The maximum atomic E-state index is 12.6. The SMILES string of the molecule is COc1cc(/C=N\Nc2ccc(S(=O)(=O)Nc3ccccc3)cc2[N+](=O)[O-])cc(Br)c1O. The highest BCUT2D eigenvalue weighted by Crippen LogP contribution is 2.35. The molecule has 0 bridgehead atoms. The van der Waals surface area contributed by atoms with Gasteiger partial charge in [-0.25, -0.2) is 8.42 Å². The minimum atomic E-state index is -4.03. The molecule has 0 saturated carbocycles. The summed E-state index contributed by atoms with van der Waals surface area (Å²) in [6.07, 6.45) is 1.36. The Hall–Kier alpha value is -3.64. The van der Waals surface area contributed by atoms with Gasteiger partial charge in [0, 0.05) is 11.8 Å². The van der Waals surface area contributed by atoms with Gasteiger partial charge < -0.3 is 9.84 Å². The van der Waals surface area contributed by atoms with E-state index in [0.717, 1.165) is 6.07 Å². The van der Waals surface area contributed by atoms with Crippen molar-refractivity contribution in [1.82, 2.24) is 0 Å². The van der Waals surface area contributed by atoms with Crippen LogP contribution in [0.5, 0.6) is 11.5 Å². The molecule has 0 atom stereocenters. The number of phenols is 1. The van der Waals surface area contributed by atoms with Crippen LogP contribution < -0.4 is 14.9 Å². The normalized spacial score (nSPS) is 11.3. The van der Waals surface area contributed by atoms with Crippen LogP contribution in [0.4, 0.5) is 17.1 Å². The number of sulfonamides is 1. The number of methoxy groups -OCH3 is 1. The van der Waals surface area contributed by atoms with Gasteiger partial charge in [0.15, 0.2) is 11.5 Å². The molecule has 32 heavy (non-hydrogen) atoms. The summed E-state index contributed by atoms with van der Waals surface area (Å²) in [6, 6.07) is 14.7. The molecule has 0 fully saturated rings. The summed E-state index contributed by atoms with van der Waals surface area (Å²) in [5, 5.41) is 25.3. The first kappa shape index (κ1) is 23.0. The number of nitro groups is 1. The van der Waals surface area contributed by atoms with Gasteiger partial charge in [-0.1, -0.05) is 18.2 Å². The summed E-state index contributed by atoms with van der Waals surface area (Å²) in [6.45, 7) is 0. The van der Waals surface area contributed by atoms with Crippen molar-refractivity contribution in [3.8, 4) is 11.5 Å². The number of rotatable bonds is 8. The molecule has 10 nitrogen and oxygen atoms in total. The van der Waals surface area contributed by atoms with E-state index < -0.39 is 20.6 Å². The Morgan fingerprint density at radius 1 is 1.16 bits per heavy atom. The third kappa shape index (κ3) is 5.34. The van der Waals surface area contributed by atoms with Crippen LogP contribution in [0.25, 0.3) is 0 Å². The van der Waals surface area contributed by atoms with Gasteiger partial charge in [0.1, 0.15) is 5.69 Å². The predicted molar refractivity (Wildman–Crippen MR) is 124 cm³/mol. The lowest BCUT2D eigenvalue weighted by Crippen LogP contribution is -2.13. The number of phenolic OH excluding ortho intramolecular Hbond substituents is 1. The molecule has 3 rings (SSSR count). The fraction of sp³-hybridized carbons (Fsp3) is 0.0500. The molecule has 0 aliphatic heterocycles. The number of nitro benzene ring substituents is 1. The molecule has 0 radical (unpaired) electrons. The zero-order valence-corrected chi connectivity index (χ0v) is 18.9. The first-order valence-electron chi connectivity index (χ1n) is 8.93. The number of ether oxygens (including phenoxy) is 1. The molecule has 3 aromatic rings. The van der Waals surface area contributed by atoms with Crippen LogP contribution in [0, 0.1) is 10.1 Å². The summed E-state index contributed by atoms with van der Waals surface area (Å²) in [7, 11) is -2.63. The van der Waals surface area contributed by atoms with E-state index in [2.05, 4.69) is 31.2 Å². The number of nitrogens with zero attached hydrogens (tertiary/aromatic N) is 2. The number of para-hydroxylation sites is 1. The van der Waals surface area contributed by atoms with Crippen LogP contribution in [-0.2, 0) is 10.0 Å². The highest BCUT2D eigenvalue weighted by molar-refractivity contribution is 9.10. The van der Waals surface area contributed by atoms with Gasteiger partial charge in [0.05, 0.1) is 27.6 Å². The largest absolute Gasteiger partial charge is 0.503 e. The van der Waals surface area contributed by atoms with Crippen molar-refractivity contribution in [1.29, 1.82) is 0 Å². The third-order valence-corrected chi connectivity index (χ3v) is 6.15. The molecule has 3 N–H and O–H groups in total. The van der Waals surface area contributed by atoms with Crippen LogP contribution in [-0.4, -0.2) is 31.8 Å². The minimum Gasteiger partial charge on any atom is -0.503 e. The Kier molecular flexibility index (Phi) is 6.95. The van der Waals surface area contributed by atoms with E-state index in [1.165, 1.54) is 31.5 Å². The van der Waals surface area contributed by atoms with Crippen LogP contribution in [0.15, 0.2) is 75.1 Å². The van der Waals surface area contributed by atoms with Gasteiger partial charge in [-0.3, -0.25) is 20.3 Å². The number of anilines is 2. The van der Waals surface area contributed by atoms with E-state index in [1.54, 1.807) is 36.4 Å². The van der Waals surface area contributed by atoms with Crippen LogP contribution in [0.1, 0.15) is 5.56 Å². The van der Waals surface area contributed by atoms with E-state index in [-0.39, 0.29) is 22.1 Å². The molecular formula is C20H17BrN4O6S. The number of aromatic hydroxyl groups is 1. The monoisotopic (exact) mass is 520 g/mol. The summed E-state index contributed by atoms with van der Waals surface area (Å²) < 4.78 is 33.0. The number of hydrazone groups is 1. The molecule has 0 aromatic heterocycles. The minimum absolute atomic E-state index is 0.00489. The smallest absolute Gasteiger partial charge is 0.295 e. The highest BCUT2D eigenvalue weighted by atomic mass is 79.9. The number of hydrogen-bond acceptors (Lipinski definition) is 8. The van der Waals surface area contributed by atoms with Crippen molar-refractivity contribution < 1.29 is 23.2 Å². The van der Waals surface area contributed by atoms with Gasteiger partial charge in [0.2, 0.25) is 0 Å². The number of benzene rings is 3. The topological polar surface area (TPSA) is 143 Å². The number of halogens is 1. The molecule has 0 saturated heterocycles. The van der Waals surface area contributed by atoms with Crippen molar-refractivity contribution >= 4 is 49.2 Å². The molecule has 0 unspecified atom stereocenters. The summed E-state index contributed by atoms with van der Waals surface area (Å²) in [5.41, 5.74) is 2.93. The van der Waals surface area contributed by atoms with E-state index in [0.29, 0.717) is 15.7 Å². The molecule has 0 spiro atoms. The first-order valence-corrected chi connectivity index (χ1v) is 11.2. The molecule has 0 aliphatic rings. The van der Waals surface area contributed by atoms with Crippen molar-refractivity contribution in [3.05, 3.63) is 80.8 Å². The van der Waals surface area contributed by atoms with Gasteiger partial charge in [0.25, 0.3) is 15.7 Å². The third-order valence-electron chi connectivity index (χ3n) is 4.17. The number of hydrogen-bond donors (Lipinski definition) is 3. The fourth-order valence-corrected chi connectivity index (χ4v) is 4.18. The Balaban J connectivity index is 1.85. The first-order chi connectivity index (χ1) is 15.2. The molecule has 3 aromatic carbocycles. The maximum Gasteiger partial charge on any atom is 0.295 e. The molecule has 166 valence electrons. The van der Waals surface area contributed by atoms with E-state index in [1.807, 2.05) is 0 Å². The van der Waals surface area contributed by atoms with Crippen molar-refractivity contribution in [3.63, 3.8) is 0 Å². The predicted octanol–water partition coefficient (Wildman–Crippen LogP) is 4.32. The van der Waals surface area contributed by atoms with Crippen molar-refractivity contribution in [2.75, 3.05) is 17.3 Å². The van der Waals surface area contributed by atoms with Gasteiger partial charge >= 0.3 is 0 Å².